The number of aliphatic hydroxyl groups is 1. The fourth-order valence-corrected chi connectivity index (χ4v) is 5.35. The molecule has 234 valence electrons. The van der Waals surface area contributed by atoms with E-state index >= 15 is 0 Å². The van der Waals surface area contributed by atoms with Crippen molar-refractivity contribution in [2.75, 3.05) is 26.4 Å². The summed E-state index contributed by atoms with van der Waals surface area (Å²) in [4.78, 5) is 38.1. The number of benzene rings is 3. The van der Waals surface area contributed by atoms with Crippen LogP contribution in [0.2, 0.25) is 10.0 Å². The molecule has 13 heteroatoms. The molecule has 3 amide bonds. The molecule has 0 saturated carbocycles. The van der Waals surface area contributed by atoms with Gasteiger partial charge in [-0.05, 0) is 66.6 Å². The molecule has 0 unspecified atom stereocenters. The van der Waals surface area contributed by atoms with Crippen LogP contribution < -0.4 is 16.1 Å². The van der Waals surface area contributed by atoms with E-state index in [0.717, 1.165) is 5.56 Å². The van der Waals surface area contributed by atoms with E-state index in [4.69, 9.17) is 33.0 Å². The summed E-state index contributed by atoms with van der Waals surface area (Å²) in [6.45, 7) is 2.69. The van der Waals surface area contributed by atoms with Gasteiger partial charge in [-0.25, -0.2) is 5.43 Å². The van der Waals surface area contributed by atoms with E-state index in [9.17, 15) is 19.5 Å². The van der Waals surface area contributed by atoms with E-state index in [1.165, 1.54) is 35.6 Å². The van der Waals surface area contributed by atoms with E-state index < -0.39 is 5.91 Å². The Morgan fingerprint density at radius 2 is 1.47 bits per heavy atom. The van der Waals surface area contributed by atoms with Crippen LogP contribution in [0.15, 0.2) is 77.2 Å². The number of nitrogens with zero attached hydrogens (tertiary/aromatic N) is 1. The topological polar surface area (TPSA) is 149 Å². The van der Waals surface area contributed by atoms with Crippen molar-refractivity contribution in [3.05, 3.63) is 110 Å². The number of hydrogen-bond acceptors (Lipinski definition) is 8. The van der Waals surface area contributed by atoms with Crippen molar-refractivity contribution >= 4 is 58.0 Å². The van der Waals surface area contributed by atoms with E-state index in [1.807, 2.05) is 0 Å². The highest BCUT2D eigenvalue weighted by molar-refractivity contribution is 7.14. The normalized spacial score (nSPS) is 11.2. The van der Waals surface area contributed by atoms with Gasteiger partial charge in [0.2, 0.25) is 0 Å². The van der Waals surface area contributed by atoms with Crippen LogP contribution in [0, 0.1) is 0 Å². The number of thiophene rings is 1. The first kappa shape index (κ1) is 33.6. The summed E-state index contributed by atoms with van der Waals surface area (Å²) in [7, 11) is 0. The first-order valence-electron chi connectivity index (χ1n) is 13.7. The molecule has 10 nitrogen and oxygen atoms in total. The molecule has 0 bridgehead atoms. The van der Waals surface area contributed by atoms with Crippen molar-refractivity contribution in [2.45, 2.75) is 13.5 Å². The molecule has 0 aliphatic carbocycles. The Kier molecular flexibility index (Phi) is 12.1. The summed E-state index contributed by atoms with van der Waals surface area (Å²) in [5.74, 6) is -1.04. The predicted octanol–water partition coefficient (Wildman–Crippen LogP) is 5.25. The maximum atomic E-state index is 12.7. The standard InChI is InChI=1S/C32H30Cl2N4O6S/c1-19(25-18-45-29(28(25)40)24-10-11-26(33)27(34)16-24)37-38-32(43)23-8-6-22(7-9-23)31(42)36-17-20-2-4-21(5-3-20)30(41)35-12-14-44-15-13-39/h2-11,16,18,39-40H,12-15,17H2,1H3,(H,35,41)(H,36,42)(H,38,43)/b37-19+. The molecular formula is C32H30Cl2N4O6S. The molecular weight excluding hydrogens is 639 g/mol. The van der Waals surface area contributed by atoms with Gasteiger partial charge in [0, 0.05) is 35.2 Å². The zero-order chi connectivity index (χ0) is 32.3. The molecule has 45 heavy (non-hydrogen) atoms. The minimum atomic E-state index is -0.484. The van der Waals surface area contributed by atoms with Crippen LogP contribution >= 0.6 is 34.5 Å². The predicted molar refractivity (Wildman–Crippen MR) is 175 cm³/mol. The highest BCUT2D eigenvalue weighted by atomic mass is 35.5. The molecule has 4 aromatic rings. The van der Waals surface area contributed by atoms with Crippen molar-refractivity contribution in [2.24, 2.45) is 5.10 Å². The Labute approximate surface area is 273 Å². The van der Waals surface area contributed by atoms with Crippen LogP contribution in [0.3, 0.4) is 0 Å². The van der Waals surface area contributed by atoms with Gasteiger partial charge < -0.3 is 25.6 Å². The van der Waals surface area contributed by atoms with Crippen LogP contribution in [0.25, 0.3) is 10.4 Å². The Balaban J connectivity index is 1.27. The van der Waals surface area contributed by atoms with Gasteiger partial charge in [-0.3, -0.25) is 14.4 Å². The molecule has 0 saturated heterocycles. The molecule has 0 spiro atoms. The van der Waals surface area contributed by atoms with Gasteiger partial charge in [0.15, 0.2) is 0 Å². The van der Waals surface area contributed by atoms with Gasteiger partial charge in [-0.2, -0.15) is 5.10 Å². The lowest BCUT2D eigenvalue weighted by Gasteiger charge is -2.08. The Morgan fingerprint density at radius 3 is 2.11 bits per heavy atom. The average Bonchev–Trinajstić information content (AvgIpc) is 3.44. The number of rotatable bonds is 13. The molecule has 0 fully saturated rings. The van der Waals surface area contributed by atoms with Gasteiger partial charge in [0.25, 0.3) is 17.7 Å². The van der Waals surface area contributed by atoms with Crippen LogP contribution in [-0.4, -0.2) is 60.0 Å². The molecule has 0 aliphatic rings. The number of carbonyl (C=O) groups is 3. The van der Waals surface area contributed by atoms with Gasteiger partial charge in [0.05, 0.1) is 46.0 Å². The SMILES string of the molecule is C/C(=N\NC(=O)c1ccc(C(=O)NCc2ccc(C(=O)NCCOCCO)cc2)cc1)c1csc(-c2ccc(Cl)c(Cl)c2)c1O. The summed E-state index contributed by atoms with van der Waals surface area (Å²) in [6.07, 6.45) is 0. The molecule has 3 aromatic carbocycles. The zero-order valence-electron chi connectivity index (χ0n) is 24.1. The van der Waals surface area contributed by atoms with Gasteiger partial charge in [-0.1, -0.05) is 41.4 Å². The Hall–Kier alpha value is -4.26. The number of carbonyl (C=O) groups excluding carboxylic acids is 3. The maximum Gasteiger partial charge on any atom is 0.271 e. The molecule has 0 atom stereocenters. The van der Waals surface area contributed by atoms with E-state index in [-0.39, 0.29) is 37.3 Å². The van der Waals surface area contributed by atoms with E-state index in [2.05, 4.69) is 21.2 Å². The molecule has 5 N–H and O–H groups in total. The second-order valence-corrected chi connectivity index (χ2v) is 11.3. The molecule has 0 aliphatic heterocycles. The van der Waals surface area contributed by atoms with Crippen LogP contribution in [0.4, 0.5) is 0 Å². The van der Waals surface area contributed by atoms with Crippen LogP contribution in [0.5, 0.6) is 5.75 Å². The smallest absolute Gasteiger partial charge is 0.271 e. The third-order valence-corrected chi connectivity index (χ3v) is 8.26. The van der Waals surface area contributed by atoms with Crippen molar-refractivity contribution in [3.8, 4) is 16.2 Å². The summed E-state index contributed by atoms with van der Waals surface area (Å²) in [5.41, 5.74) is 5.98. The lowest BCUT2D eigenvalue weighted by molar-refractivity contribution is 0.0837. The molecule has 0 radical (unpaired) electrons. The molecule has 1 aromatic heterocycles. The van der Waals surface area contributed by atoms with Crippen molar-refractivity contribution in [1.29, 1.82) is 0 Å². The summed E-state index contributed by atoms with van der Waals surface area (Å²) in [6, 6.07) is 18.0. The Bertz CT molecular complexity index is 1690. The number of nitrogens with one attached hydrogen (secondary N) is 3. The van der Waals surface area contributed by atoms with E-state index in [1.54, 1.807) is 54.8 Å². The second kappa shape index (κ2) is 16.2. The number of ether oxygens (including phenoxy) is 1. The number of aromatic hydroxyl groups is 1. The van der Waals surface area contributed by atoms with E-state index in [0.29, 0.717) is 61.6 Å². The Morgan fingerprint density at radius 1 is 0.844 bits per heavy atom. The highest BCUT2D eigenvalue weighted by Gasteiger charge is 2.16. The number of hydrazone groups is 1. The first-order valence-corrected chi connectivity index (χ1v) is 15.4. The lowest BCUT2D eigenvalue weighted by atomic mass is 10.1. The summed E-state index contributed by atoms with van der Waals surface area (Å²) >= 11 is 13.4. The fourth-order valence-electron chi connectivity index (χ4n) is 4.05. The monoisotopic (exact) mass is 668 g/mol. The largest absolute Gasteiger partial charge is 0.506 e. The fraction of sp³-hybridized carbons (Fsp3) is 0.188. The highest BCUT2D eigenvalue weighted by Crippen LogP contribution is 2.40. The minimum Gasteiger partial charge on any atom is -0.506 e. The molecule has 1 heterocycles. The summed E-state index contributed by atoms with van der Waals surface area (Å²) < 4.78 is 5.11. The number of hydrogen-bond donors (Lipinski definition) is 5. The van der Waals surface area contributed by atoms with Crippen LogP contribution in [-0.2, 0) is 11.3 Å². The first-order chi connectivity index (χ1) is 21.7. The number of amides is 3. The average molecular weight is 670 g/mol. The third-order valence-electron chi connectivity index (χ3n) is 6.51. The number of aliphatic hydroxyl groups excluding tert-OH is 1. The third kappa shape index (κ3) is 9.13. The van der Waals surface area contributed by atoms with Crippen LogP contribution in [0.1, 0.15) is 49.1 Å². The molecule has 4 rings (SSSR count). The van der Waals surface area contributed by atoms with Crippen molar-refractivity contribution < 1.29 is 29.3 Å². The number of halogens is 2. The van der Waals surface area contributed by atoms with Crippen molar-refractivity contribution in [1.82, 2.24) is 16.1 Å². The zero-order valence-corrected chi connectivity index (χ0v) is 26.4. The maximum absolute atomic E-state index is 12.7. The second-order valence-electron chi connectivity index (χ2n) is 9.64. The van der Waals surface area contributed by atoms with Gasteiger partial charge in [0.1, 0.15) is 5.75 Å². The summed E-state index contributed by atoms with van der Waals surface area (Å²) in [5, 5.41) is 31.6. The van der Waals surface area contributed by atoms with Gasteiger partial charge >= 0.3 is 0 Å². The van der Waals surface area contributed by atoms with Gasteiger partial charge in [-0.15, -0.1) is 11.3 Å². The lowest BCUT2D eigenvalue weighted by Crippen LogP contribution is -2.27. The van der Waals surface area contributed by atoms with Crippen molar-refractivity contribution in [3.63, 3.8) is 0 Å². The quantitative estimate of drug-likeness (QED) is 0.0746. The minimum absolute atomic E-state index is 0.0162.